The summed E-state index contributed by atoms with van der Waals surface area (Å²) < 4.78 is 6.54. The van der Waals surface area contributed by atoms with E-state index in [1.807, 2.05) is 0 Å². The second-order valence-corrected chi connectivity index (χ2v) is 5.49. The Labute approximate surface area is 157 Å². The van der Waals surface area contributed by atoms with Gasteiger partial charge in [-0.15, -0.1) is 0 Å². The van der Waals surface area contributed by atoms with Crippen molar-refractivity contribution in [2.45, 2.75) is 6.54 Å². The number of rotatable bonds is 7. The zero-order chi connectivity index (χ0) is 20.1. The highest BCUT2D eigenvalue weighted by Crippen LogP contribution is 2.29. The van der Waals surface area contributed by atoms with Gasteiger partial charge in [-0.1, -0.05) is 0 Å². The second kappa shape index (κ2) is 7.95. The summed E-state index contributed by atoms with van der Waals surface area (Å²) in [6.07, 6.45) is 4.23. The number of benzene rings is 1. The van der Waals surface area contributed by atoms with E-state index in [1.54, 1.807) is 18.3 Å². The van der Waals surface area contributed by atoms with Gasteiger partial charge in [0.05, 0.1) is 22.9 Å². The zero-order valence-electron chi connectivity index (χ0n) is 14.2. The quantitative estimate of drug-likeness (QED) is 0.466. The van der Waals surface area contributed by atoms with Crippen molar-refractivity contribution in [3.05, 3.63) is 70.8 Å². The number of amides is 1. The van der Waals surface area contributed by atoms with Crippen LogP contribution in [0.5, 0.6) is 11.5 Å². The Morgan fingerprint density at radius 3 is 2.71 bits per heavy atom. The predicted molar refractivity (Wildman–Crippen MR) is 95.2 cm³/mol. The van der Waals surface area contributed by atoms with Crippen LogP contribution < -0.4 is 10.1 Å². The number of carbonyl (C=O) groups excluding carboxylic acids is 1. The number of aromatic nitrogens is 3. The molecule has 142 valence electrons. The monoisotopic (exact) mass is 383 g/mol. The van der Waals surface area contributed by atoms with Crippen molar-refractivity contribution >= 4 is 23.3 Å². The highest BCUT2D eigenvalue weighted by Gasteiger charge is 2.16. The highest BCUT2D eigenvalue weighted by atomic mass is 16.6. The lowest BCUT2D eigenvalue weighted by Gasteiger charge is -2.10. The summed E-state index contributed by atoms with van der Waals surface area (Å²) in [6, 6.07) is 8.28. The van der Waals surface area contributed by atoms with E-state index >= 15 is 0 Å². The molecule has 0 saturated carbocycles. The molecular weight excluding hydrogens is 370 g/mol. The van der Waals surface area contributed by atoms with E-state index in [1.165, 1.54) is 30.6 Å². The third kappa shape index (κ3) is 4.46. The van der Waals surface area contributed by atoms with Gasteiger partial charge in [-0.05, 0) is 18.2 Å². The van der Waals surface area contributed by atoms with Crippen molar-refractivity contribution in [1.82, 2.24) is 14.8 Å². The van der Waals surface area contributed by atoms with E-state index in [-0.39, 0.29) is 29.4 Å². The topological polar surface area (TPSA) is 149 Å². The average molecular weight is 383 g/mol. The molecule has 0 spiro atoms. The van der Waals surface area contributed by atoms with E-state index in [0.29, 0.717) is 5.75 Å². The maximum absolute atomic E-state index is 12.2. The van der Waals surface area contributed by atoms with Crippen LogP contribution in [0.2, 0.25) is 0 Å². The number of anilines is 1. The number of carboxylic acid groups (broad SMARTS) is 1. The van der Waals surface area contributed by atoms with Crippen LogP contribution in [-0.4, -0.2) is 36.7 Å². The maximum Gasteiger partial charge on any atom is 0.354 e. The number of carbonyl (C=O) groups is 2. The molecule has 1 amide bonds. The Hall–Kier alpha value is -4.28. The highest BCUT2D eigenvalue weighted by molar-refractivity contribution is 5.92. The summed E-state index contributed by atoms with van der Waals surface area (Å²) in [6.45, 7) is -0.379. The summed E-state index contributed by atoms with van der Waals surface area (Å²) in [5.41, 5.74) is -0.334. The Balaban J connectivity index is 1.80. The van der Waals surface area contributed by atoms with E-state index < -0.39 is 16.8 Å². The van der Waals surface area contributed by atoms with Crippen molar-refractivity contribution < 1.29 is 24.4 Å². The lowest BCUT2D eigenvalue weighted by Crippen LogP contribution is -2.22. The number of pyridine rings is 1. The Morgan fingerprint density at radius 2 is 2.04 bits per heavy atom. The number of nitrogens with zero attached hydrogens (tertiary/aromatic N) is 4. The number of aromatic carboxylic acids is 1. The molecule has 0 fully saturated rings. The number of nitro benzene ring substituents is 1. The first-order chi connectivity index (χ1) is 13.4. The first-order valence-corrected chi connectivity index (χ1v) is 7.84. The molecule has 0 radical (unpaired) electrons. The van der Waals surface area contributed by atoms with Crippen LogP contribution in [0, 0.1) is 10.1 Å². The number of nitrogens with one attached hydrogen (secondary N) is 1. The molecule has 0 aliphatic heterocycles. The largest absolute Gasteiger partial charge is 0.477 e. The fraction of sp³-hybridized carbons (Fsp3) is 0.0588. The van der Waals surface area contributed by atoms with Crippen molar-refractivity contribution in [2.75, 3.05) is 5.32 Å². The number of non-ortho nitro benzene ring substituents is 1. The number of nitro groups is 1. The molecule has 11 heteroatoms. The van der Waals surface area contributed by atoms with Crippen LogP contribution >= 0.6 is 0 Å². The van der Waals surface area contributed by atoms with Crippen molar-refractivity contribution in [3.8, 4) is 11.5 Å². The molecule has 1 aromatic carbocycles. The molecule has 0 atom stereocenters. The summed E-state index contributed by atoms with van der Waals surface area (Å²) in [7, 11) is 0. The lowest BCUT2D eigenvalue weighted by atomic mass is 10.2. The number of hydrogen-bond acceptors (Lipinski definition) is 7. The van der Waals surface area contributed by atoms with Gasteiger partial charge in [0.2, 0.25) is 5.91 Å². The molecular formula is C17H13N5O6. The van der Waals surface area contributed by atoms with Crippen LogP contribution in [-0.2, 0) is 11.3 Å². The molecule has 0 bridgehead atoms. The fourth-order valence-electron chi connectivity index (χ4n) is 2.34. The van der Waals surface area contributed by atoms with E-state index in [0.717, 1.165) is 10.7 Å². The van der Waals surface area contributed by atoms with Crippen LogP contribution in [0.25, 0.3) is 0 Å². The van der Waals surface area contributed by atoms with E-state index in [4.69, 9.17) is 9.84 Å². The lowest BCUT2D eigenvalue weighted by molar-refractivity contribution is -0.384. The number of ether oxygens (including phenoxy) is 1. The summed E-state index contributed by atoms with van der Waals surface area (Å²) in [4.78, 5) is 37.7. The van der Waals surface area contributed by atoms with Gasteiger partial charge in [-0.25, -0.2) is 9.48 Å². The maximum atomic E-state index is 12.2. The standard InChI is InChI=1S/C17H13N5O6/c23-16(10-21-15(17(24)25)3-5-19-21)20-11-6-12(22(26)27)8-14(7-11)28-13-2-1-4-18-9-13/h1-9H,10H2,(H,20,23)(H,24,25). The molecule has 0 aliphatic carbocycles. The minimum Gasteiger partial charge on any atom is -0.477 e. The van der Waals surface area contributed by atoms with Gasteiger partial charge in [0.25, 0.3) is 5.69 Å². The number of carboxylic acids is 1. The second-order valence-electron chi connectivity index (χ2n) is 5.49. The molecule has 0 unspecified atom stereocenters. The molecule has 2 heterocycles. The van der Waals surface area contributed by atoms with Crippen molar-refractivity contribution in [3.63, 3.8) is 0 Å². The van der Waals surface area contributed by atoms with E-state index in [9.17, 15) is 19.7 Å². The van der Waals surface area contributed by atoms with Crippen LogP contribution in [0.4, 0.5) is 11.4 Å². The van der Waals surface area contributed by atoms with Crippen molar-refractivity contribution in [1.29, 1.82) is 0 Å². The summed E-state index contributed by atoms with van der Waals surface area (Å²) in [5, 5.41) is 26.5. The predicted octanol–water partition coefficient (Wildman–Crippen LogP) is 2.32. The first-order valence-electron chi connectivity index (χ1n) is 7.84. The molecule has 3 rings (SSSR count). The fourth-order valence-corrected chi connectivity index (χ4v) is 2.34. The minimum absolute atomic E-state index is 0.113. The molecule has 0 saturated heterocycles. The minimum atomic E-state index is -1.23. The van der Waals surface area contributed by atoms with Gasteiger partial charge in [-0.2, -0.15) is 5.10 Å². The molecule has 0 aliphatic rings. The third-order valence-corrected chi connectivity index (χ3v) is 3.48. The summed E-state index contributed by atoms with van der Waals surface area (Å²) in [5.74, 6) is -1.35. The van der Waals surface area contributed by atoms with Crippen LogP contribution in [0.3, 0.4) is 0 Å². The van der Waals surface area contributed by atoms with Crippen molar-refractivity contribution in [2.24, 2.45) is 0 Å². The normalized spacial score (nSPS) is 10.3. The van der Waals surface area contributed by atoms with Gasteiger partial charge in [0.15, 0.2) is 0 Å². The average Bonchev–Trinajstić information content (AvgIpc) is 3.10. The van der Waals surface area contributed by atoms with Gasteiger partial charge < -0.3 is 15.2 Å². The molecule has 2 aromatic heterocycles. The molecule has 28 heavy (non-hydrogen) atoms. The Morgan fingerprint density at radius 1 is 1.21 bits per heavy atom. The van der Waals surface area contributed by atoms with Gasteiger partial charge in [0, 0.05) is 24.5 Å². The van der Waals surface area contributed by atoms with Gasteiger partial charge in [0.1, 0.15) is 23.7 Å². The SMILES string of the molecule is O=C(Cn1nccc1C(=O)O)Nc1cc(Oc2cccnc2)cc([N+](=O)[O-])c1. The Bertz CT molecular complexity index is 1030. The van der Waals surface area contributed by atoms with Gasteiger partial charge >= 0.3 is 5.97 Å². The molecule has 11 nitrogen and oxygen atoms in total. The first kappa shape index (κ1) is 18.5. The third-order valence-electron chi connectivity index (χ3n) is 3.48. The number of hydrogen-bond donors (Lipinski definition) is 2. The van der Waals surface area contributed by atoms with Gasteiger partial charge in [-0.3, -0.25) is 19.9 Å². The Kier molecular flexibility index (Phi) is 5.25. The summed E-state index contributed by atoms with van der Waals surface area (Å²) >= 11 is 0. The van der Waals surface area contributed by atoms with Crippen LogP contribution in [0.1, 0.15) is 10.5 Å². The molecule has 3 aromatic rings. The molecule has 2 N–H and O–H groups in total. The zero-order valence-corrected chi connectivity index (χ0v) is 14.2. The smallest absolute Gasteiger partial charge is 0.354 e. The van der Waals surface area contributed by atoms with Crippen LogP contribution in [0.15, 0.2) is 55.0 Å². The van der Waals surface area contributed by atoms with E-state index in [2.05, 4.69) is 15.4 Å².